The van der Waals surface area contributed by atoms with E-state index in [-0.39, 0.29) is 5.41 Å². The minimum atomic E-state index is 0.00802. The van der Waals surface area contributed by atoms with Gasteiger partial charge in [0.2, 0.25) is 0 Å². The molecule has 0 bridgehead atoms. The van der Waals surface area contributed by atoms with Gasteiger partial charge in [-0.05, 0) is 12.8 Å². The van der Waals surface area contributed by atoms with Crippen molar-refractivity contribution in [1.29, 1.82) is 0 Å². The lowest BCUT2D eigenvalue weighted by Gasteiger charge is -2.38. The van der Waals surface area contributed by atoms with Gasteiger partial charge in [0.25, 0.3) is 0 Å². The largest absolute Gasteiger partial charge is 0.381 e. The maximum atomic E-state index is 5.86. The zero-order valence-corrected chi connectivity index (χ0v) is 10.7. The summed E-state index contributed by atoms with van der Waals surface area (Å²) in [5.41, 5.74) is 7.09. The lowest BCUT2D eigenvalue weighted by Crippen LogP contribution is -2.52. The number of hydrogen-bond acceptors (Lipinski definition) is 5. The molecule has 3 rings (SSSR count). The molecule has 0 unspecified atom stereocenters. The molecule has 2 aliphatic heterocycles. The SMILES string of the molecule is NCC1(c2nc(C3CCOCC3)cs2)COC1. The normalized spacial score (nSPS) is 24.5. The van der Waals surface area contributed by atoms with E-state index in [1.165, 1.54) is 5.69 Å². The number of ether oxygens (including phenoxy) is 2. The monoisotopic (exact) mass is 254 g/mol. The van der Waals surface area contributed by atoms with E-state index in [9.17, 15) is 0 Å². The quantitative estimate of drug-likeness (QED) is 0.882. The van der Waals surface area contributed by atoms with E-state index in [1.54, 1.807) is 11.3 Å². The molecule has 0 amide bonds. The van der Waals surface area contributed by atoms with Crippen LogP contribution < -0.4 is 5.73 Å². The van der Waals surface area contributed by atoms with Gasteiger partial charge in [0.1, 0.15) is 5.01 Å². The van der Waals surface area contributed by atoms with Crippen molar-refractivity contribution < 1.29 is 9.47 Å². The average Bonchev–Trinajstić information content (AvgIpc) is 2.80. The zero-order valence-electron chi connectivity index (χ0n) is 9.85. The third-order valence-corrected chi connectivity index (χ3v) is 4.87. The number of aromatic nitrogens is 1. The minimum Gasteiger partial charge on any atom is -0.381 e. The fourth-order valence-electron chi connectivity index (χ4n) is 2.39. The van der Waals surface area contributed by atoms with Crippen molar-refractivity contribution >= 4 is 11.3 Å². The van der Waals surface area contributed by atoms with E-state index < -0.39 is 0 Å². The first kappa shape index (κ1) is 11.6. The van der Waals surface area contributed by atoms with E-state index >= 15 is 0 Å². The molecule has 0 atom stereocenters. The molecule has 0 aliphatic carbocycles. The van der Waals surface area contributed by atoms with Crippen LogP contribution in [0.2, 0.25) is 0 Å². The van der Waals surface area contributed by atoms with Crippen LogP contribution in [0.15, 0.2) is 5.38 Å². The number of thiazole rings is 1. The molecular weight excluding hydrogens is 236 g/mol. The van der Waals surface area contributed by atoms with Crippen molar-refractivity contribution in [2.45, 2.75) is 24.2 Å². The fourth-order valence-corrected chi connectivity index (χ4v) is 3.47. The second-order valence-corrected chi connectivity index (χ2v) is 5.80. The minimum absolute atomic E-state index is 0.00802. The Morgan fingerprint density at radius 2 is 2.12 bits per heavy atom. The first-order valence-corrected chi connectivity index (χ1v) is 7.03. The molecule has 2 aliphatic rings. The van der Waals surface area contributed by atoms with Crippen molar-refractivity contribution in [3.05, 3.63) is 16.1 Å². The Labute approximate surface area is 105 Å². The first-order valence-electron chi connectivity index (χ1n) is 6.15. The van der Waals surface area contributed by atoms with Crippen LogP contribution in [0, 0.1) is 0 Å². The van der Waals surface area contributed by atoms with Crippen LogP contribution in [0.4, 0.5) is 0 Å². The van der Waals surface area contributed by atoms with Gasteiger partial charge in [0.15, 0.2) is 0 Å². The predicted octanol–water partition coefficient (Wildman–Crippen LogP) is 1.26. The Bertz CT molecular complexity index is 378. The van der Waals surface area contributed by atoms with Crippen LogP contribution in [0.5, 0.6) is 0 Å². The third kappa shape index (κ3) is 2.01. The highest BCUT2D eigenvalue weighted by Crippen LogP contribution is 2.36. The smallest absolute Gasteiger partial charge is 0.105 e. The number of nitrogens with zero attached hydrogens (tertiary/aromatic N) is 1. The van der Waals surface area contributed by atoms with E-state index in [2.05, 4.69) is 5.38 Å². The summed E-state index contributed by atoms with van der Waals surface area (Å²) < 4.78 is 10.7. The van der Waals surface area contributed by atoms with Gasteiger partial charge in [0.05, 0.1) is 24.3 Å². The van der Waals surface area contributed by atoms with Crippen molar-refractivity contribution in [3.63, 3.8) is 0 Å². The highest BCUT2D eigenvalue weighted by molar-refractivity contribution is 7.09. The fraction of sp³-hybridized carbons (Fsp3) is 0.750. The van der Waals surface area contributed by atoms with Gasteiger partial charge in [-0.25, -0.2) is 4.98 Å². The Morgan fingerprint density at radius 1 is 1.35 bits per heavy atom. The molecule has 4 nitrogen and oxygen atoms in total. The molecule has 2 fully saturated rings. The first-order chi connectivity index (χ1) is 8.34. The Hall–Kier alpha value is -0.490. The van der Waals surface area contributed by atoms with Crippen LogP contribution in [0.1, 0.15) is 29.5 Å². The van der Waals surface area contributed by atoms with Crippen molar-refractivity contribution in [2.24, 2.45) is 5.73 Å². The molecule has 0 aromatic carbocycles. The molecule has 0 saturated carbocycles. The van der Waals surface area contributed by atoms with Crippen LogP contribution >= 0.6 is 11.3 Å². The molecule has 1 aromatic heterocycles. The number of hydrogen-bond donors (Lipinski definition) is 1. The summed E-state index contributed by atoms with van der Waals surface area (Å²) in [6, 6.07) is 0. The van der Waals surface area contributed by atoms with Crippen LogP contribution in [-0.2, 0) is 14.9 Å². The highest BCUT2D eigenvalue weighted by Gasteiger charge is 2.42. The van der Waals surface area contributed by atoms with E-state index in [0.29, 0.717) is 12.5 Å². The Morgan fingerprint density at radius 3 is 2.71 bits per heavy atom. The molecule has 2 saturated heterocycles. The number of nitrogens with two attached hydrogens (primary N) is 1. The summed E-state index contributed by atoms with van der Waals surface area (Å²) in [6.45, 7) is 3.81. The van der Waals surface area contributed by atoms with E-state index in [4.69, 9.17) is 20.2 Å². The predicted molar refractivity (Wildman–Crippen MR) is 66.5 cm³/mol. The van der Waals surface area contributed by atoms with Gasteiger partial charge in [-0.1, -0.05) is 0 Å². The van der Waals surface area contributed by atoms with Crippen LogP contribution in [0.3, 0.4) is 0 Å². The lowest BCUT2D eigenvalue weighted by atomic mass is 9.87. The summed E-state index contributed by atoms with van der Waals surface area (Å²) in [5.74, 6) is 0.574. The van der Waals surface area contributed by atoms with Crippen molar-refractivity contribution in [3.8, 4) is 0 Å². The topological polar surface area (TPSA) is 57.4 Å². The third-order valence-electron chi connectivity index (χ3n) is 3.76. The number of rotatable bonds is 3. The van der Waals surface area contributed by atoms with Crippen molar-refractivity contribution in [2.75, 3.05) is 33.0 Å². The molecule has 0 spiro atoms. The molecular formula is C12H18N2O2S. The summed E-state index contributed by atoms with van der Waals surface area (Å²) in [5, 5.41) is 3.36. The van der Waals surface area contributed by atoms with Crippen molar-refractivity contribution in [1.82, 2.24) is 4.98 Å². The van der Waals surface area contributed by atoms with E-state index in [1.807, 2.05) is 0 Å². The van der Waals surface area contributed by atoms with Crippen LogP contribution in [0.25, 0.3) is 0 Å². The maximum Gasteiger partial charge on any atom is 0.105 e. The molecule has 0 radical (unpaired) electrons. The summed E-state index contributed by atoms with van der Waals surface area (Å²) in [7, 11) is 0. The average molecular weight is 254 g/mol. The maximum absolute atomic E-state index is 5.86. The molecule has 3 heterocycles. The molecule has 94 valence electrons. The van der Waals surface area contributed by atoms with Crippen LogP contribution in [-0.4, -0.2) is 38.0 Å². The molecule has 17 heavy (non-hydrogen) atoms. The van der Waals surface area contributed by atoms with Gasteiger partial charge in [-0.15, -0.1) is 11.3 Å². The second kappa shape index (κ2) is 4.65. The van der Waals surface area contributed by atoms with Gasteiger partial charge in [0, 0.05) is 31.1 Å². The van der Waals surface area contributed by atoms with Gasteiger partial charge in [-0.2, -0.15) is 0 Å². The Kier molecular flexibility index (Phi) is 3.17. The summed E-state index contributed by atoms with van der Waals surface area (Å²) >= 11 is 1.74. The van der Waals surface area contributed by atoms with E-state index in [0.717, 1.165) is 44.3 Å². The molecule has 2 N–H and O–H groups in total. The van der Waals surface area contributed by atoms with Gasteiger partial charge < -0.3 is 15.2 Å². The Balaban J connectivity index is 1.77. The lowest BCUT2D eigenvalue weighted by molar-refractivity contribution is -0.0551. The molecule has 1 aromatic rings. The standard InChI is InChI=1S/C12H18N2O2S/c13-6-12(7-16-8-12)11-14-10(5-17-11)9-1-3-15-4-2-9/h5,9H,1-4,6-8,13H2. The molecule has 5 heteroatoms. The van der Waals surface area contributed by atoms with Gasteiger partial charge in [-0.3, -0.25) is 0 Å². The van der Waals surface area contributed by atoms with Gasteiger partial charge >= 0.3 is 0 Å². The summed E-state index contributed by atoms with van der Waals surface area (Å²) in [4.78, 5) is 4.80. The summed E-state index contributed by atoms with van der Waals surface area (Å²) in [6.07, 6.45) is 2.19. The highest BCUT2D eigenvalue weighted by atomic mass is 32.1. The zero-order chi connectivity index (χ0) is 11.7. The second-order valence-electron chi connectivity index (χ2n) is 4.94.